The third-order valence-corrected chi connectivity index (χ3v) is 5.20. The number of imide groups is 1. The lowest BCUT2D eigenvalue weighted by Gasteiger charge is -2.12. The second-order valence-electron chi connectivity index (χ2n) is 7.44. The molecule has 0 radical (unpaired) electrons. The number of nitrogens with zero attached hydrogens (tertiary/aromatic N) is 1. The predicted molar refractivity (Wildman–Crippen MR) is 115 cm³/mol. The Labute approximate surface area is 185 Å². The molecule has 1 fully saturated rings. The molecule has 32 heavy (non-hydrogen) atoms. The van der Waals surface area contributed by atoms with Crippen LogP contribution < -0.4 is 14.8 Å². The van der Waals surface area contributed by atoms with Gasteiger partial charge in [0.05, 0.1) is 7.11 Å². The van der Waals surface area contributed by atoms with Gasteiger partial charge in [0.2, 0.25) is 5.89 Å². The highest BCUT2D eigenvalue weighted by molar-refractivity contribution is 5.99. The van der Waals surface area contributed by atoms with Crippen LogP contribution in [0.2, 0.25) is 0 Å². The number of alkyl carbamates (subject to hydrolysis) is 1. The molecule has 2 aromatic carbocycles. The van der Waals surface area contributed by atoms with Crippen LogP contribution >= 0.6 is 0 Å². The van der Waals surface area contributed by atoms with Crippen molar-refractivity contribution in [3.05, 3.63) is 65.5 Å². The van der Waals surface area contributed by atoms with E-state index in [2.05, 4.69) is 10.3 Å². The zero-order valence-electron chi connectivity index (χ0n) is 17.9. The molecule has 1 saturated heterocycles. The third kappa shape index (κ3) is 4.91. The number of hydrogen-bond acceptors (Lipinski definition) is 7. The molecule has 1 unspecified atom stereocenters. The number of ether oxygens (including phenoxy) is 3. The molecule has 1 aromatic heterocycles. The summed E-state index contributed by atoms with van der Waals surface area (Å²) < 4.78 is 22.2. The number of benzene rings is 2. The van der Waals surface area contributed by atoms with Gasteiger partial charge in [-0.1, -0.05) is 24.3 Å². The van der Waals surface area contributed by atoms with Gasteiger partial charge in [-0.25, -0.2) is 9.78 Å². The van der Waals surface area contributed by atoms with Gasteiger partial charge in [-0.05, 0) is 56.0 Å². The quantitative estimate of drug-likeness (QED) is 0.537. The molecular formula is C24H24N2O6. The van der Waals surface area contributed by atoms with E-state index >= 15 is 0 Å². The van der Waals surface area contributed by atoms with Gasteiger partial charge in [0.15, 0.2) is 17.6 Å². The molecule has 1 aliphatic rings. The van der Waals surface area contributed by atoms with Crippen molar-refractivity contribution in [2.45, 2.75) is 38.9 Å². The molecule has 3 aromatic rings. The molecule has 0 spiro atoms. The Morgan fingerprint density at radius 1 is 1.09 bits per heavy atom. The molecule has 8 heteroatoms. The van der Waals surface area contributed by atoms with Crippen LogP contribution in [0.3, 0.4) is 0 Å². The Morgan fingerprint density at radius 2 is 1.91 bits per heavy atom. The summed E-state index contributed by atoms with van der Waals surface area (Å²) in [6.45, 7) is 2.10. The Morgan fingerprint density at radius 3 is 2.62 bits per heavy atom. The van der Waals surface area contributed by atoms with Crippen molar-refractivity contribution in [3.8, 4) is 23.0 Å². The summed E-state index contributed by atoms with van der Waals surface area (Å²) in [5.41, 5.74) is 2.64. The van der Waals surface area contributed by atoms with Gasteiger partial charge in [-0.2, -0.15) is 0 Å². The van der Waals surface area contributed by atoms with E-state index in [1.165, 1.54) is 0 Å². The standard InChI is InChI=1S/C24H24N2O6/c1-15-18(25-23(31-15)17-8-4-3-5-9-17)14-30-21-13-16(11-12-19(21)29-2)7-6-10-20-22(27)26-24(28)32-20/h3-5,8-9,11-13,20H,6-7,10,14H2,1-2H3,(H,26,27,28). The van der Waals surface area contributed by atoms with Crippen molar-refractivity contribution in [1.82, 2.24) is 10.3 Å². The summed E-state index contributed by atoms with van der Waals surface area (Å²) >= 11 is 0. The zero-order chi connectivity index (χ0) is 22.5. The fraction of sp³-hybridized carbons (Fsp3) is 0.292. The minimum atomic E-state index is -0.717. The van der Waals surface area contributed by atoms with Crippen molar-refractivity contribution >= 4 is 12.0 Å². The summed E-state index contributed by atoms with van der Waals surface area (Å²) in [5.74, 6) is 2.08. The average molecular weight is 436 g/mol. The summed E-state index contributed by atoms with van der Waals surface area (Å²) in [5, 5.41) is 2.14. The predicted octanol–water partition coefficient (Wildman–Crippen LogP) is 4.20. The van der Waals surface area contributed by atoms with Gasteiger partial charge >= 0.3 is 6.09 Å². The maximum Gasteiger partial charge on any atom is 0.414 e. The van der Waals surface area contributed by atoms with Crippen molar-refractivity contribution < 1.29 is 28.2 Å². The molecule has 1 N–H and O–H groups in total. The first-order valence-electron chi connectivity index (χ1n) is 10.4. The fourth-order valence-corrected chi connectivity index (χ4v) is 3.48. The van der Waals surface area contributed by atoms with Gasteiger partial charge in [-0.15, -0.1) is 0 Å². The van der Waals surface area contributed by atoms with E-state index in [0.29, 0.717) is 48.1 Å². The SMILES string of the molecule is COc1ccc(CCCC2OC(=O)NC2=O)cc1OCc1nc(-c2ccccc2)oc1C. The smallest absolute Gasteiger partial charge is 0.414 e. The van der Waals surface area contributed by atoms with Crippen LogP contribution in [-0.2, 0) is 22.6 Å². The van der Waals surface area contributed by atoms with Crippen LogP contribution in [0.5, 0.6) is 11.5 Å². The lowest BCUT2D eigenvalue weighted by molar-refractivity contribution is -0.123. The van der Waals surface area contributed by atoms with Crippen LogP contribution in [0.1, 0.15) is 29.9 Å². The summed E-state index contributed by atoms with van der Waals surface area (Å²) in [4.78, 5) is 27.3. The number of carbonyl (C=O) groups excluding carboxylic acids is 2. The van der Waals surface area contributed by atoms with Crippen molar-refractivity contribution in [1.29, 1.82) is 0 Å². The monoisotopic (exact) mass is 436 g/mol. The maximum absolute atomic E-state index is 11.6. The molecule has 0 aliphatic carbocycles. The first-order valence-corrected chi connectivity index (χ1v) is 10.4. The van der Waals surface area contributed by atoms with E-state index in [4.69, 9.17) is 18.6 Å². The Balaban J connectivity index is 1.39. The highest BCUT2D eigenvalue weighted by atomic mass is 16.6. The molecule has 2 heterocycles. The van der Waals surface area contributed by atoms with E-state index in [0.717, 1.165) is 11.1 Å². The van der Waals surface area contributed by atoms with Crippen LogP contribution in [-0.4, -0.2) is 30.2 Å². The number of amides is 2. The van der Waals surface area contributed by atoms with Gasteiger partial charge < -0.3 is 18.6 Å². The fourth-order valence-electron chi connectivity index (χ4n) is 3.48. The second-order valence-corrected chi connectivity index (χ2v) is 7.44. The molecule has 0 bridgehead atoms. The van der Waals surface area contributed by atoms with E-state index in [1.807, 2.05) is 55.5 Å². The number of oxazole rings is 1. The summed E-state index contributed by atoms with van der Waals surface area (Å²) in [6.07, 6.45) is 0.437. The normalized spacial score (nSPS) is 15.4. The van der Waals surface area contributed by atoms with Crippen molar-refractivity contribution in [2.75, 3.05) is 7.11 Å². The highest BCUT2D eigenvalue weighted by Gasteiger charge is 2.31. The number of hydrogen-bond donors (Lipinski definition) is 1. The molecule has 2 amide bonds. The highest BCUT2D eigenvalue weighted by Crippen LogP contribution is 2.30. The van der Waals surface area contributed by atoms with Gasteiger partial charge in [0.1, 0.15) is 18.1 Å². The number of rotatable bonds is 9. The molecule has 8 nitrogen and oxygen atoms in total. The van der Waals surface area contributed by atoms with E-state index in [9.17, 15) is 9.59 Å². The Bertz CT molecular complexity index is 1110. The van der Waals surface area contributed by atoms with Gasteiger partial charge in [0.25, 0.3) is 5.91 Å². The largest absolute Gasteiger partial charge is 0.493 e. The molecule has 1 aliphatic heterocycles. The minimum Gasteiger partial charge on any atom is -0.493 e. The van der Waals surface area contributed by atoms with E-state index in [-0.39, 0.29) is 12.5 Å². The molecule has 4 rings (SSSR count). The second kappa shape index (κ2) is 9.55. The number of nitrogens with one attached hydrogen (secondary N) is 1. The molecule has 0 saturated carbocycles. The van der Waals surface area contributed by atoms with Crippen molar-refractivity contribution in [3.63, 3.8) is 0 Å². The number of carbonyl (C=O) groups is 2. The molecular weight excluding hydrogens is 412 g/mol. The van der Waals surface area contributed by atoms with Crippen LogP contribution in [0.25, 0.3) is 11.5 Å². The van der Waals surface area contributed by atoms with Crippen LogP contribution in [0.15, 0.2) is 52.9 Å². The minimum absolute atomic E-state index is 0.236. The summed E-state index contributed by atoms with van der Waals surface area (Å²) in [6, 6.07) is 15.4. The van der Waals surface area contributed by atoms with Gasteiger partial charge in [-0.3, -0.25) is 10.1 Å². The van der Waals surface area contributed by atoms with Gasteiger partial charge in [0, 0.05) is 5.56 Å². The number of aromatic nitrogens is 1. The number of cyclic esters (lactones) is 1. The number of methoxy groups -OCH3 is 1. The van der Waals surface area contributed by atoms with Crippen LogP contribution in [0, 0.1) is 6.92 Å². The average Bonchev–Trinajstić information content (AvgIpc) is 3.33. The number of aryl methyl sites for hydroxylation is 2. The first kappa shape index (κ1) is 21.4. The Hall–Kier alpha value is -3.81. The summed E-state index contributed by atoms with van der Waals surface area (Å²) in [7, 11) is 1.59. The van der Waals surface area contributed by atoms with Crippen LogP contribution in [0.4, 0.5) is 4.79 Å². The topological polar surface area (TPSA) is 99.9 Å². The lowest BCUT2D eigenvalue weighted by Crippen LogP contribution is -2.24. The zero-order valence-corrected chi connectivity index (χ0v) is 17.9. The molecule has 1 atom stereocenters. The first-order chi connectivity index (χ1) is 15.5. The van der Waals surface area contributed by atoms with Crippen molar-refractivity contribution in [2.24, 2.45) is 0 Å². The Kier molecular flexibility index (Phi) is 6.39. The maximum atomic E-state index is 11.6. The van der Waals surface area contributed by atoms with E-state index < -0.39 is 12.2 Å². The third-order valence-electron chi connectivity index (χ3n) is 5.20. The van der Waals surface area contributed by atoms with E-state index in [1.54, 1.807) is 7.11 Å². The molecule has 166 valence electrons. The lowest BCUT2D eigenvalue weighted by atomic mass is 10.1.